The summed E-state index contributed by atoms with van der Waals surface area (Å²) in [6.07, 6.45) is 1.07. The molecule has 1 fully saturated rings. The van der Waals surface area contributed by atoms with E-state index in [1.807, 2.05) is 6.07 Å². The summed E-state index contributed by atoms with van der Waals surface area (Å²) in [5.41, 5.74) is 1.34. The molecular formula is C13H16Br2N2O2. The molecule has 104 valence electrons. The number of ether oxygens (including phenoxy) is 1. The van der Waals surface area contributed by atoms with E-state index < -0.39 is 0 Å². The first-order valence-corrected chi connectivity index (χ1v) is 7.62. The Morgan fingerprint density at radius 3 is 2.79 bits per heavy atom. The van der Waals surface area contributed by atoms with Gasteiger partial charge in [0.2, 0.25) is 0 Å². The standard InChI is InChI=1S/C13H16Br2N2O2/c1-17-4-3-9(7-17)16-12-10(13(18)19-2)5-8(14)6-11(12)15/h5-6,9,16H,3-4,7H2,1-2H3. The van der Waals surface area contributed by atoms with Crippen molar-refractivity contribution in [3.63, 3.8) is 0 Å². The number of nitrogens with one attached hydrogen (secondary N) is 1. The minimum atomic E-state index is -0.337. The van der Waals surface area contributed by atoms with Crippen molar-refractivity contribution in [2.24, 2.45) is 0 Å². The van der Waals surface area contributed by atoms with Crippen LogP contribution in [-0.4, -0.2) is 44.2 Å². The van der Waals surface area contributed by atoms with E-state index in [4.69, 9.17) is 4.74 Å². The van der Waals surface area contributed by atoms with Gasteiger partial charge < -0.3 is 15.0 Å². The number of hydrogen-bond donors (Lipinski definition) is 1. The lowest BCUT2D eigenvalue weighted by molar-refractivity contribution is 0.0601. The molecule has 4 nitrogen and oxygen atoms in total. The molecule has 1 saturated heterocycles. The Kier molecular flexibility index (Phi) is 4.86. The molecule has 0 aliphatic carbocycles. The lowest BCUT2D eigenvalue weighted by Crippen LogP contribution is -2.25. The van der Waals surface area contributed by atoms with Crippen molar-refractivity contribution in [1.29, 1.82) is 0 Å². The highest BCUT2D eigenvalue weighted by molar-refractivity contribution is 9.11. The second-order valence-corrected chi connectivity index (χ2v) is 6.46. The van der Waals surface area contributed by atoms with Crippen LogP contribution >= 0.6 is 31.9 Å². The summed E-state index contributed by atoms with van der Waals surface area (Å²) in [5, 5.41) is 3.44. The van der Waals surface area contributed by atoms with Crippen molar-refractivity contribution in [1.82, 2.24) is 4.90 Å². The van der Waals surface area contributed by atoms with Crippen LogP contribution in [0.25, 0.3) is 0 Å². The number of carbonyl (C=O) groups is 1. The minimum absolute atomic E-state index is 0.337. The smallest absolute Gasteiger partial charge is 0.340 e. The van der Waals surface area contributed by atoms with Crippen molar-refractivity contribution >= 4 is 43.5 Å². The lowest BCUT2D eigenvalue weighted by Gasteiger charge is -2.18. The molecule has 1 aromatic rings. The molecule has 19 heavy (non-hydrogen) atoms. The van der Waals surface area contributed by atoms with Gasteiger partial charge in [0.15, 0.2) is 0 Å². The molecular weight excluding hydrogens is 376 g/mol. The number of rotatable bonds is 3. The summed E-state index contributed by atoms with van der Waals surface area (Å²) >= 11 is 6.90. The van der Waals surface area contributed by atoms with E-state index in [-0.39, 0.29) is 5.97 Å². The highest BCUT2D eigenvalue weighted by Crippen LogP contribution is 2.32. The van der Waals surface area contributed by atoms with Gasteiger partial charge in [-0.1, -0.05) is 15.9 Å². The van der Waals surface area contributed by atoms with Crippen molar-refractivity contribution < 1.29 is 9.53 Å². The summed E-state index contributed by atoms with van der Waals surface area (Å²) in [5.74, 6) is -0.337. The monoisotopic (exact) mass is 390 g/mol. The zero-order valence-corrected chi connectivity index (χ0v) is 14.0. The average Bonchev–Trinajstić information content (AvgIpc) is 2.77. The fraction of sp³-hybridized carbons (Fsp3) is 0.462. The second kappa shape index (κ2) is 6.24. The Morgan fingerprint density at radius 1 is 1.47 bits per heavy atom. The molecule has 1 heterocycles. The number of methoxy groups -OCH3 is 1. The fourth-order valence-corrected chi connectivity index (χ4v) is 3.59. The third kappa shape index (κ3) is 3.49. The first-order valence-electron chi connectivity index (χ1n) is 6.03. The topological polar surface area (TPSA) is 41.6 Å². The van der Waals surface area contributed by atoms with Gasteiger partial charge in [0.05, 0.1) is 18.4 Å². The number of esters is 1. The van der Waals surface area contributed by atoms with Crippen LogP contribution in [0.4, 0.5) is 5.69 Å². The molecule has 2 rings (SSSR count). The van der Waals surface area contributed by atoms with Crippen molar-refractivity contribution in [3.8, 4) is 0 Å². The number of nitrogens with zero attached hydrogens (tertiary/aromatic N) is 1. The van der Waals surface area contributed by atoms with Gasteiger partial charge in [-0.15, -0.1) is 0 Å². The van der Waals surface area contributed by atoms with Gasteiger partial charge >= 0.3 is 5.97 Å². The Morgan fingerprint density at radius 2 is 2.21 bits per heavy atom. The maximum atomic E-state index is 11.9. The van der Waals surface area contributed by atoms with Crippen molar-refractivity contribution in [2.45, 2.75) is 12.5 Å². The number of halogens is 2. The molecule has 1 aliphatic rings. The van der Waals surface area contributed by atoms with Gasteiger partial charge in [-0.05, 0) is 48.1 Å². The van der Waals surface area contributed by atoms with Gasteiger partial charge in [0, 0.05) is 21.5 Å². The zero-order valence-electron chi connectivity index (χ0n) is 10.9. The summed E-state index contributed by atoms with van der Waals surface area (Å²) in [4.78, 5) is 14.1. The van der Waals surface area contributed by atoms with E-state index >= 15 is 0 Å². The van der Waals surface area contributed by atoms with Crippen molar-refractivity contribution in [3.05, 3.63) is 26.6 Å². The summed E-state index contributed by atoms with van der Waals surface area (Å²) in [6.45, 7) is 2.04. The highest BCUT2D eigenvalue weighted by atomic mass is 79.9. The molecule has 1 aliphatic heterocycles. The van der Waals surface area contributed by atoms with E-state index in [0.717, 1.165) is 34.1 Å². The minimum Gasteiger partial charge on any atom is -0.465 e. The molecule has 0 radical (unpaired) electrons. The van der Waals surface area contributed by atoms with Crippen LogP contribution in [-0.2, 0) is 4.74 Å². The summed E-state index contributed by atoms with van der Waals surface area (Å²) < 4.78 is 6.54. The molecule has 0 spiro atoms. The SMILES string of the molecule is COC(=O)c1cc(Br)cc(Br)c1NC1CCN(C)C1. The van der Waals surface area contributed by atoms with E-state index in [0.29, 0.717) is 11.6 Å². The van der Waals surface area contributed by atoms with E-state index in [1.165, 1.54) is 7.11 Å². The van der Waals surface area contributed by atoms with Crippen LogP contribution in [0.5, 0.6) is 0 Å². The first kappa shape index (κ1) is 14.8. The zero-order chi connectivity index (χ0) is 14.0. The highest BCUT2D eigenvalue weighted by Gasteiger charge is 2.23. The van der Waals surface area contributed by atoms with E-state index in [2.05, 4.69) is 49.1 Å². The quantitative estimate of drug-likeness (QED) is 0.803. The Labute approximate surface area is 129 Å². The van der Waals surface area contributed by atoms with Crippen LogP contribution in [0.15, 0.2) is 21.1 Å². The average molecular weight is 392 g/mol. The summed E-state index contributed by atoms with van der Waals surface area (Å²) in [7, 11) is 3.49. The van der Waals surface area contributed by atoms with Crippen LogP contribution in [0.1, 0.15) is 16.8 Å². The summed E-state index contributed by atoms with van der Waals surface area (Å²) in [6, 6.07) is 4.05. The van der Waals surface area contributed by atoms with E-state index in [9.17, 15) is 4.79 Å². The largest absolute Gasteiger partial charge is 0.465 e. The maximum Gasteiger partial charge on any atom is 0.340 e. The van der Waals surface area contributed by atoms with Gasteiger partial charge in [0.1, 0.15) is 0 Å². The molecule has 1 atom stereocenters. The molecule has 0 aromatic heterocycles. The Balaban J connectivity index is 2.29. The predicted octanol–water partition coefficient (Wildman–Crippen LogP) is 3.11. The second-order valence-electron chi connectivity index (χ2n) is 4.69. The number of hydrogen-bond acceptors (Lipinski definition) is 4. The molecule has 6 heteroatoms. The fourth-order valence-electron chi connectivity index (χ4n) is 2.25. The normalized spacial score (nSPS) is 19.5. The number of likely N-dealkylation sites (tertiary alicyclic amines) is 1. The predicted molar refractivity (Wildman–Crippen MR) is 82.7 cm³/mol. The van der Waals surface area contributed by atoms with Gasteiger partial charge in [-0.2, -0.15) is 0 Å². The maximum absolute atomic E-state index is 11.9. The van der Waals surface area contributed by atoms with Crippen LogP contribution < -0.4 is 5.32 Å². The molecule has 1 unspecified atom stereocenters. The van der Waals surface area contributed by atoms with E-state index in [1.54, 1.807) is 6.07 Å². The molecule has 0 bridgehead atoms. The molecule has 1 aromatic carbocycles. The lowest BCUT2D eigenvalue weighted by atomic mass is 10.1. The molecule has 0 saturated carbocycles. The number of carbonyl (C=O) groups excluding carboxylic acids is 1. The molecule has 1 N–H and O–H groups in total. The number of likely N-dealkylation sites (N-methyl/N-ethyl adjacent to an activating group) is 1. The number of benzene rings is 1. The van der Waals surface area contributed by atoms with Crippen molar-refractivity contribution in [2.75, 3.05) is 32.6 Å². The van der Waals surface area contributed by atoms with Crippen LogP contribution in [0.2, 0.25) is 0 Å². The Hall–Kier alpha value is -0.590. The third-order valence-electron chi connectivity index (χ3n) is 3.20. The van der Waals surface area contributed by atoms with Gasteiger partial charge in [-0.25, -0.2) is 4.79 Å². The first-order chi connectivity index (χ1) is 9.01. The van der Waals surface area contributed by atoms with Crippen LogP contribution in [0, 0.1) is 0 Å². The van der Waals surface area contributed by atoms with Gasteiger partial charge in [0.25, 0.3) is 0 Å². The van der Waals surface area contributed by atoms with Gasteiger partial charge in [-0.3, -0.25) is 0 Å². The Bertz CT molecular complexity index is 494. The third-order valence-corrected chi connectivity index (χ3v) is 4.28. The van der Waals surface area contributed by atoms with Crippen LogP contribution in [0.3, 0.4) is 0 Å². The molecule has 0 amide bonds. The number of anilines is 1.